The fourth-order valence-corrected chi connectivity index (χ4v) is 1.65. The highest BCUT2D eigenvalue weighted by Crippen LogP contribution is 2.10. The highest BCUT2D eigenvalue weighted by Gasteiger charge is 2.07. The molecule has 106 valence electrons. The van der Waals surface area contributed by atoms with Crippen molar-refractivity contribution in [3.63, 3.8) is 0 Å². The Morgan fingerprint density at radius 3 is 2.53 bits per heavy atom. The largest absolute Gasteiger partial charge is 0.492 e. The van der Waals surface area contributed by atoms with E-state index in [4.69, 9.17) is 4.74 Å². The zero-order valence-electron chi connectivity index (χ0n) is 12.3. The van der Waals surface area contributed by atoms with Crippen molar-refractivity contribution < 1.29 is 9.53 Å². The molecular formula is C15H24N2O2. The molecule has 1 rings (SSSR count). The summed E-state index contributed by atoms with van der Waals surface area (Å²) in [5.41, 5.74) is 1.22. The summed E-state index contributed by atoms with van der Waals surface area (Å²) in [6.45, 7) is 7.66. The van der Waals surface area contributed by atoms with E-state index < -0.39 is 0 Å². The number of hydrogen-bond acceptors (Lipinski definition) is 3. The van der Waals surface area contributed by atoms with Gasteiger partial charge in [-0.05, 0) is 40.0 Å². The zero-order valence-corrected chi connectivity index (χ0v) is 12.3. The SMILES string of the molecule is Cc1ccc(OCCN(C)CC(=O)NC(C)C)cc1. The predicted molar refractivity (Wildman–Crippen MR) is 77.4 cm³/mol. The highest BCUT2D eigenvalue weighted by atomic mass is 16.5. The van der Waals surface area contributed by atoms with Gasteiger partial charge in [-0.3, -0.25) is 9.69 Å². The van der Waals surface area contributed by atoms with E-state index in [1.807, 2.05) is 57.0 Å². The first kappa shape index (κ1) is 15.5. The van der Waals surface area contributed by atoms with Crippen LogP contribution in [0.5, 0.6) is 5.75 Å². The molecule has 1 amide bonds. The van der Waals surface area contributed by atoms with E-state index in [2.05, 4.69) is 5.32 Å². The average molecular weight is 264 g/mol. The third-order valence-corrected chi connectivity index (χ3v) is 2.63. The van der Waals surface area contributed by atoms with E-state index in [0.717, 1.165) is 12.3 Å². The number of ether oxygens (including phenoxy) is 1. The molecule has 1 N–H and O–H groups in total. The van der Waals surface area contributed by atoms with Gasteiger partial charge in [0.1, 0.15) is 12.4 Å². The predicted octanol–water partition coefficient (Wildman–Crippen LogP) is 1.83. The minimum Gasteiger partial charge on any atom is -0.492 e. The third-order valence-electron chi connectivity index (χ3n) is 2.63. The van der Waals surface area contributed by atoms with E-state index in [1.165, 1.54) is 5.56 Å². The lowest BCUT2D eigenvalue weighted by molar-refractivity contribution is -0.122. The Labute approximate surface area is 115 Å². The maximum Gasteiger partial charge on any atom is 0.234 e. The lowest BCUT2D eigenvalue weighted by Gasteiger charge is -2.17. The van der Waals surface area contributed by atoms with E-state index in [-0.39, 0.29) is 11.9 Å². The molecule has 1 aromatic rings. The Hall–Kier alpha value is -1.55. The molecule has 0 atom stereocenters. The van der Waals surface area contributed by atoms with Crippen LogP contribution in [0.15, 0.2) is 24.3 Å². The zero-order chi connectivity index (χ0) is 14.3. The molecule has 0 saturated heterocycles. The van der Waals surface area contributed by atoms with Crippen LogP contribution in [0.4, 0.5) is 0 Å². The normalized spacial score (nSPS) is 10.8. The molecule has 0 saturated carbocycles. The van der Waals surface area contributed by atoms with Gasteiger partial charge in [0.15, 0.2) is 0 Å². The second-order valence-electron chi connectivity index (χ2n) is 5.12. The number of nitrogens with zero attached hydrogens (tertiary/aromatic N) is 1. The van der Waals surface area contributed by atoms with Gasteiger partial charge in [-0.1, -0.05) is 17.7 Å². The maximum atomic E-state index is 11.5. The molecule has 0 aliphatic rings. The fourth-order valence-electron chi connectivity index (χ4n) is 1.65. The molecule has 0 fully saturated rings. The van der Waals surface area contributed by atoms with Gasteiger partial charge in [0, 0.05) is 12.6 Å². The smallest absolute Gasteiger partial charge is 0.234 e. The Kier molecular flexibility index (Phi) is 6.36. The Balaban J connectivity index is 2.21. The first-order valence-corrected chi connectivity index (χ1v) is 6.64. The maximum absolute atomic E-state index is 11.5. The van der Waals surface area contributed by atoms with E-state index in [1.54, 1.807) is 0 Å². The van der Waals surface area contributed by atoms with Gasteiger partial charge in [0.2, 0.25) is 5.91 Å². The van der Waals surface area contributed by atoms with Crippen molar-refractivity contribution in [1.29, 1.82) is 0 Å². The number of aryl methyl sites for hydroxylation is 1. The number of hydrogen-bond donors (Lipinski definition) is 1. The fraction of sp³-hybridized carbons (Fsp3) is 0.533. The van der Waals surface area contributed by atoms with Crippen LogP contribution < -0.4 is 10.1 Å². The summed E-state index contributed by atoms with van der Waals surface area (Å²) in [7, 11) is 1.92. The number of benzene rings is 1. The molecule has 0 unspecified atom stereocenters. The van der Waals surface area contributed by atoms with E-state index in [0.29, 0.717) is 13.2 Å². The van der Waals surface area contributed by atoms with Gasteiger partial charge in [-0.15, -0.1) is 0 Å². The van der Waals surface area contributed by atoms with Gasteiger partial charge in [-0.2, -0.15) is 0 Å². The Morgan fingerprint density at radius 1 is 1.32 bits per heavy atom. The lowest BCUT2D eigenvalue weighted by Crippen LogP contribution is -2.39. The highest BCUT2D eigenvalue weighted by molar-refractivity contribution is 5.78. The van der Waals surface area contributed by atoms with Crippen molar-refractivity contribution >= 4 is 5.91 Å². The Morgan fingerprint density at radius 2 is 1.95 bits per heavy atom. The van der Waals surface area contributed by atoms with Crippen LogP contribution in [0.3, 0.4) is 0 Å². The molecule has 1 aromatic carbocycles. The summed E-state index contributed by atoms with van der Waals surface area (Å²) >= 11 is 0. The quantitative estimate of drug-likeness (QED) is 0.817. The molecule has 0 aliphatic heterocycles. The number of likely N-dealkylation sites (N-methyl/N-ethyl adjacent to an activating group) is 1. The Bertz CT molecular complexity index is 388. The van der Waals surface area contributed by atoms with Crippen LogP contribution in [0.2, 0.25) is 0 Å². The topological polar surface area (TPSA) is 41.6 Å². The summed E-state index contributed by atoms with van der Waals surface area (Å²) in [6.07, 6.45) is 0. The molecule has 0 aromatic heterocycles. The van der Waals surface area contributed by atoms with Gasteiger partial charge in [-0.25, -0.2) is 0 Å². The van der Waals surface area contributed by atoms with Crippen LogP contribution in [0.25, 0.3) is 0 Å². The first-order valence-electron chi connectivity index (χ1n) is 6.64. The second kappa shape index (κ2) is 7.79. The minimum absolute atomic E-state index is 0.0489. The summed E-state index contributed by atoms with van der Waals surface area (Å²) in [6, 6.07) is 8.15. The molecule has 0 bridgehead atoms. The van der Waals surface area contributed by atoms with Crippen molar-refractivity contribution in [3.05, 3.63) is 29.8 Å². The molecule has 4 nitrogen and oxygen atoms in total. The van der Waals surface area contributed by atoms with E-state index >= 15 is 0 Å². The second-order valence-corrected chi connectivity index (χ2v) is 5.12. The van der Waals surface area contributed by atoms with E-state index in [9.17, 15) is 4.79 Å². The number of carbonyl (C=O) groups is 1. The average Bonchev–Trinajstić information content (AvgIpc) is 2.30. The van der Waals surface area contributed by atoms with Crippen molar-refractivity contribution in [2.45, 2.75) is 26.8 Å². The summed E-state index contributed by atoms with van der Waals surface area (Å²) < 4.78 is 5.62. The van der Waals surface area contributed by atoms with Crippen molar-refractivity contribution in [2.24, 2.45) is 0 Å². The molecule has 0 spiro atoms. The van der Waals surface area contributed by atoms with Crippen molar-refractivity contribution in [2.75, 3.05) is 26.7 Å². The van der Waals surface area contributed by atoms with Crippen molar-refractivity contribution in [1.82, 2.24) is 10.2 Å². The summed E-state index contributed by atoms with van der Waals surface area (Å²) in [5, 5.41) is 2.87. The first-order chi connectivity index (χ1) is 8.97. The molecule has 4 heteroatoms. The van der Waals surface area contributed by atoms with Gasteiger partial charge in [0.25, 0.3) is 0 Å². The van der Waals surface area contributed by atoms with Crippen molar-refractivity contribution in [3.8, 4) is 5.75 Å². The van der Waals surface area contributed by atoms with Gasteiger partial charge < -0.3 is 10.1 Å². The van der Waals surface area contributed by atoms with Gasteiger partial charge >= 0.3 is 0 Å². The van der Waals surface area contributed by atoms with Crippen LogP contribution in [0, 0.1) is 6.92 Å². The van der Waals surface area contributed by atoms with Crippen LogP contribution in [-0.2, 0) is 4.79 Å². The van der Waals surface area contributed by atoms with Crippen LogP contribution in [0.1, 0.15) is 19.4 Å². The molecule has 19 heavy (non-hydrogen) atoms. The van der Waals surface area contributed by atoms with Crippen LogP contribution in [-0.4, -0.2) is 43.6 Å². The summed E-state index contributed by atoms with van der Waals surface area (Å²) in [4.78, 5) is 13.5. The number of nitrogens with one attached hydrogen (secondary N) is 1. The third kappa shape index (κ3) is 6.82. The molecule has 0 radical (unpaired) electrons. The molecule has 0 heterocycles. The number of amides is 1. The van der Waals surface area contributed by atoms with Crippen LogP contribution >= 0.6 is 0 Å². The monoisotopic (exact) mass is 264 g/mol. The molecular weight excluding hydrogens is 240 g/mol. The molecule has 0 aliphatic carbocycles. The van der Waals surface area contributed by atoms with Gasteiger partial charge in [0.05, 0.1) is 6.54 Å². The standard InChI is InChI=1S/C15H24N2O2/c1-12(2)16-15(18)11-17(4)9-10-19-14-7-5-13(3)6-8-14/h5-8,12H,9-11H2,1-4H3,(H,16,18). The lowest BCUT2D eigenvalue weighted by atomic mass is 10.2. The summed E-state index contributed by atoms with van der Waals surface area (Å²) in [5.74, 6) is 0.915. The number of rotatable bonds is 7. The minimum atomic E-state index is 0.0489. The number of carbonyl (C=O) groups excluding carboxylic acids is 1.